The molecule has 0 aliphatic carbocycles. The van der Waals surface area contributed by atoms with Gasteiger partial charge in [0.1, 0.15) is 0 Å². The molecule has 0 atom stereocenters. The van der Waals surface area contributed by atoms with Crippen LogP contribution >= 0.6 is 0 Å². The Morgan fingerprint density at radius 3 is 2.59 bits per heavy atom. The van der Waals surface area contributed by atoms with Gasteiger partial charge in [-0.05, 0) is 29.8 Å². The number of amides is 1. The first-order chi connectivity index (χ1) is 10.0. The summed E-state index contributed by atoms with van der Waals surface area (Å²) in [7, 11) is 1.43. The zero-order valence-corrected chi connectivity index (χ0v) is 14.3. The minimum absolute atomic E-state index is 0. The molecular weight excluding hydrogens is 297 g/mol. The molecule has 2 rings (SSSR count). The van der Waals surface area contributed by atoms with Crippen molar-refractivity contribution in [1.82, 2.24) is 5.32 Å². The van der Waals surface area contributed by atoms with Crippen LogP contribution in [0, 0.1) is 0 Å². The molecule has 22 heavy (non-hydrogen) atoms. The van der Waals surface area contributed by atoms with Gasteiger partial charge in [-0.3, -0.25) is 4.79 Å². The Kier molecular flexibility index (Phi) is 6.55. The quantitative estimate of drug-likeness (QED) is 0.422. The summed E-state index contributed by atoms with van der Waals surface area (Å²) in [5, 5.41) is 31.1. The van der Waals surface area contributed by atoms with Gasteiger partial charge in [0.05, 0.1) is 12.7 Å². The number of carbonyl (C=O) groups is 1. The van der Waals surface area contributed by atoms with Crippen molar-refractivity contribution in [2.24, 2.45) is 0 Å². The van der Waals surface area contributed by atoms with Crippen LogP contribution in [-0.2, 0) is 6.54 Å². The molecule has 0 spiro atoms. The molecule has 0 fully saturated rings. The molecule has 1 amide bonds. The van der Waals surface area contributed by atoms with Gasteiger partial charge in [0.25, 0.3) is 5.91 Å². The van der Waals surface area contributed by atoms with Gasteiger partial charge in [-0.2, -0.15) is 0 Å². The maximum atomic E-state index is 11.9. The van der Waals surface area contributed by atoms with E-state index in [2.05, 4.69) is 5.32 Å². The van der Waals surface area contributed by atoms with Crippen molar-refractivity contribution < 1.29 is 55.8 Å². The van der Waals surface area contributed by atoms with E-state index < -0.39 is 11.7 Å². The third-order valence-corrected chi connectivity index (χ3v) is 2.96. The first-order valence-electron chi connectivity index (χ1n) is 6.18. The molecule has 0 unspecified atom stereocenters. The Hall–Kier alpha value is -1.89. The number of carbonyl (C=O) groups excluding carboxylic acids is 1. The van der Waals surface area contributed by atoms with Gasteiger partial charge >= 0.3 is 29.6 Å². The number of phenolic OH excluding ortho intramolecular Hbond substituents is 3. The molecule has 0 radical (unpaired) electrons. The molecule has 0 bridgehead atoms. The van der Waals surface area contributed by atoms with Crippen LogP contribution in [0.4, 0.5) is 0 Å². The number of para-hydroxylation sites is 1. The SMILES string of the molecule is COc1cc(CNC(=O)c2cccc(O)c2O)ccc1O.[H-].[Na+]. The van der Waals surface area contributed by atoms with Crippen molar-refractivity contribution >= 4 is 5.91 Å². The number of hydrogen-bond donors (Lipinski definition) is 4. The molecule has 0 aromatic heterocycles. The van der Waals surface area contributed by atoms with Crippen molar-refractivity contribution in [1.29, 1.82) is 0 Å². The number of rotatable bonds is 4. The van der Waals surface area contributed by atoms with Gasteiger partial charge in [0.15, 0.2) is 23.0 Å². The Balaban J connectivity index is 0.00000242. The first kappa shape index (κ1) is 18.2. The maximum Gasteiger partial charge on any atom is 1.00 e. The molecule has 0 aliphatic rings. The van der Waals surface area contributed by atoms with Gasteiger partial charge in [0, 0.05) is 6.54 Å². The van der Waals surface area contributed by atoms with Gasteiger partial charge in [-0.25, -0.2) is 0 Å². The summed E-state index contributed by atoms with van der Waals surface area (Å²) in [6.45, 7) is 0.185. The van der Waals surface area contributed by atoms with Gasteiger partial charge in [-0.1, -0.05) is 12.1 Å². The molecule has 2 aromatic carbocycles. The minimum atomic E-state index is -0.518. The van der Waals surface area contributed by atoms with Crippen LogP contribution in [0.25, 0.3) is 0 Å². The van der Waals surface area contributed by atoms with E-state index in [1.807, 2.05) is 0 Å². The first-order valence-corrected chi connectivity index (χ1v) is 6.18. The number of benzene rings is 2. The van der Waals surface area contributed by atoms with Crippen molar-refractivity contribution in [3.05, 3.63) is 47.5 Å². The molecule has 0 saturated carbocycles. The van der Waals surface area contributed by atoms with Crippen molar-refractivity contribution in [2.75, 3.05) is 7.11 Å². The van der Waals surface area contributed by atoms with Crippen LogP contribution in [0.5, 0.6) is 23.0 Å². The van der Waals surface area contributed by atoms with Crippen LogP contribution in [0.2, 0.25) is 0 Å². The average Bonchev–Trinajstić information content (AvgIpc) is 2.49. The second-order valence-corrected chi connectivity index (χ2v) is 4.36. The standard InChI is InChI=1S/C15H15NO5.Na.H/c1-21-13-7-9(5-6-11(13)17)8-16-15(20)10-3-2-4-12(18)14(10)19;;/h2-7,17-19H,8H2,1H3,(H,16,20);;/q;+1;-1. The number of phenols is 3. The number of aromatic hydroxyl groups is 3. The monoisotopic (exact) mass is 313 g/mol. The van der Waals surface area contributed by atoms with E-state index in [1.165, 1.54) is 31.4 Å². The Bertz CT molecular complexity index is 681. The number of methoxy groups -OCH3 is 1. The van der Waals surface area contributed by atoms with Crippen LogP contribution in [-0.4, -0.2) is 28.3 Å². The summed E-state index contributed by atoms with van der Waals surface area (Å²) >= 11 is 0. The third kappa shape index (κ3) is 4.07. The predicted octanol–water partition coefficient (Wildman–Crippen LogP) is -1.14. The van der Waals surface area contributed by atoms with E-state index in [4.69, 9.17) is 4.74 Å². The third-order valence-electron chi connectivity index (χ3n) is 2.96. The maximum absolute atomic E-state index is 11.9. The number of hydrogen-bond acceptors (Lipinski definition) is 5. The molecule has 2 aromatic rings. The molecule has 6 nitrogen and oxygen atoms in total. The summed E-state index contributed by atoms with van der Waals surface area (Å²) in [5.41, 5.74) is 0.707. The summed E-state index contributed by atoms with van der Waals surface area (Å²) in [6, 6.07) is 8.86. The molecular formula is C15H16NNaO5. The van der Waals surface area contributed by atoms with Crippen LogP contribution in [0.3, 0.4) is 0 Å². The molecule has 112 valence electrons. The van der Waals surface area contributed by atoms with Gasteiger partial charge in [-0.15, -0.1) is 0 Å². The molecule has 0 heterocycles. The van der Waals surface area contributed by atoms with E-state index in [1.54, 1.807) is 12.1 Å². The van der Waals surface area contributed by atoms with Crippen molar-refractivity contribution in [3.63, 3.8) is 0 Å². The van der Waals surface area contributed by atoms with E-state index in [0.717, 1.165) is 5.56 Å². The summed E-state index contributed by atoms with van der Waals surface area (Å²) in [6.07, 6.45) is 0. The predicted molar refractivity (Wildman–Crippen MR) is 76.7 cm³/mol. The van der Waals surface area contributed by atoms with E-state index >= 15 is 0 Å². The zero-order chi connectivity index (χ0) is 15.4. The second kappa shape index (κ2) is 7.93. The Morgan fingerprint density at radius 2 is 1.91 bits per heavy atom. The van der Waals surface area contributed by atoms with Crippen LogP contribution < -0.4 is 39.6 Å². The summed E-state index contributed by atoms with van der Waals surface area (Å²) in [5.74, 6) is -1.01. The average molecular weight is 313 g/mol. The van der Waals surface area contributed by atoms with Gasteiger partial charge in [0.2, 0.25) is 0 Å². The fourth-order valence-electron chi connectivity index (χ4n) is 1.82. The van der Waals surface area contributed by atoms with Crippen molar-refractivity contribution in [3.8, 4) is 23.0 Å². The van der Waals surface area contributed by atoms with Crippen LogP contribution in [0.1, 0.15) is 17.3 Å². The van der Waals surface area contributed by atoms with Crippen LogP contribution in [0.15, 0.2) is 36.4 Å². The fourth-order valence-corrected chi connectivity index (χ4v) is 1.82. The fraction of sp³-hybridized carbons (Fsp3) is 0.133. The topological polar surface area (TPSA) is 99.0 Å². The second-order valence-electron chi connectivity index (χ2n) is 4.36. The zero-order valence-electron chi connectivity index (χ0n) is 13.3. The normalized spacial score (nSPS) is 9.68. The van der Waals surface area contributed by atoms with E-state index in [-0.39, 0.29) is 54.6 Å². The summed E-state index contributed by atoms with van der Waals surface area (Å²) < 4.78 is 4.98. The molecule has 7 heteroatoms. The Morgan fingerprint density at radius 1 is 1.18 bits per heavy atom. The Labute approximate surface area is 151 Å². The number of nitrogens with one attached hydrogen (secondary N) is 1. The number of ether oxygens (including phenoxy) is 1. The molecule has 0 saturated heterocycles. The van der Waals surface area contributed by atoms with E-state index in [9.17, 15) is 20.1 Å². The largest absolute Gasteiger partial charge is 1.00 e. The smallest absolute Gasteiger partial charge is 1.00 e. The molecule has 4 N–H and O–H groups in total. The van der Waals surface area contributed by atoms with Gasteiger partial charge < -0.3 is 26.8 Å². The summed E-state index contributed by atoms with van der Waals surface area (Å²) in [4.78, 5) is 11.9. The molecule has 0 aliphatic heterocycles. The van der Waals surface area contributed by atoms with E-state index in [0.29, 0.717) is 5.75 Å². The van der Waals surface area contributed by atoms with Crippen molar-refractivity contribution in [2.45, 2.75) is 6.54 Å². The minimum Gasteiger partial charge on any atom is -1.00 e.